The van der Waals surface area contributed by atoms with Crippen molar-refractivity contribution in [3.05, 3.63) is 0 Å². The molecule has 3 heteroatoms. The first kappa shape index (κ1) is 12.3. The maximum atomic E-state index is 5.68. The van der Waals surface area contributed by atoms with Gasteiger partial charge in [0.25, 0.3) is 0 Å². The second-order valence-corrected chi connectivity index (χ2v) is 6.35. The Balaban J connectivity index is 1.76. The van der Waals surface area contributed by atoms with E-state index in [1.165, 1.54) is 51.7 Å². The molecule has 0 amide bonds. The molecule has 16 heavy (non-hydrogen) atoms. The maximum Gasteiger partial charge on any atom is 0.0733 e. The molecular weight excluding hydrogens is 216 g/mol. The Labute approximate surface area is 105 Å². The highest BCUT2D eigenvalue weighted by Gasteiger charge is 2.44. The van der Waals surface area contributed by atoms with Crippen LogP contribution in [0.4, 0.5) is 0 Å². The number of nitrogens with zero attached hydrogens (tertiary/aromatic N) is 1. The zero-order chi connectivity index (χ0) is 11.6. The normalized spacial score (nSPS) is 28.2. The van der Waals surface area contributed by atoms with E-state index in [4.69, 9.17) is 18.0 Å². The largest absolute Gasteiger partial charge is 0.393 e. The fourth-order valence-electron chi connectivity index (χ4n) is 3.11. The van der Waals surface area contributed by atoms with Crippen molar-refractivity contribution in [3.8, 4) is 0 Å². The fourth-order valence-corrected chi connectivity index (χ4v) is 3.42. The third-order valence-electron chi connectivity index (χ3n) is 4.13. The number of likely N-dealkylation sites (tertiary alicyclic amines) is 1. The Bertz CT molecular complexity index is 261. The van der Waals surface area contributed by atoms with Crippen LogP contribution in [0.15, 0.2) is 0 Å². The van der Waals surface area contributed by atoms with E-state index in [9.17, 15) is 0 Å². The summed E-state index contributed by atoms with van der Waals surface area (Å²) in [5.74, 6) is 0.950. The molecule has 1 saturated carbocycles. The minimum atomic E-state index is 0.479. The summed E-state index contributed by atoms with van der Waals surface area (Å²) in [5, 5.41) is 0. The van der Waals surface area contributed by atoms with Crippen molar-refractivity contribution in [2.75, 3.05) is 19.6 Å². The second-order valence-electron chi connectivity index (χ2n) is 5.82. The highest BCUT2D eigenvalue weighted by Crippen LogP contribution is 2.49. The van der Waals surface area contributed by atoms with Gasteiger partial charge in [-0.05, 0) is 43.6 Å². The minimum Gasteiger partial charge on any atom is -0.393 e. The summed E-state index contributed by atoms with van der Waals surface area (Å²) in [5.41, 5.74) is 6.16. The summed E-state index contributed by atoms with van der Waals surface area (Å²) in [6.07, 6.45) is 7.77. The summed E-state index contributed by atoms with van der Waals surface area (Å²) < 4.78 is 0. The molecular formula is C13H24N2S. The van der Waals surface area contributed by atoms with Gasteiger partial charge in [0, 0.05) is 19.5 Å². The lowest BCUT2D eigenvalue weighted by Crippen LogP contribution is -2.31. The van der Waals surface area contributed by atoms with Gasteiger partial charge in [-0.2, -0.15) is 0 Å². The molecule has 1 aliphatic carbocycles. The van der Waals surface area contributed by atoms with Gasteiger partial charge in [0.05, 0.1) is 4.99 Å². The number of rotatable bonds is 6. The number of hydrogen-bond donors (Lipinski definition) is 1. The molecule has 0 radical (unpaired) electrons. The smallest absolute Gasteiger partial charge is 0.0733 e. The SMILES string of the molecule is CCCC1CCN(CC2(CC(N)=S)CC2)C1. The third kappa shape index (κ3) is 3.17. The molecule has 2 fully saturated rings. The Hall–Kier alpha value is -0.150. The highest BCUT2D eigenvalue weighted by atomic mass is 32.1. The fraction of sp³-hybridized carbons (Fsp3) is 0.923. The van der Waals surface area contributed by atoms with Gasteiger partial charge in [-0.25, -0.2) is 0 Å². The van der Waals surface area contributed by atoms with Crippen LogP contribution in [-0.2, 0) is 0 Å². The van der Waals surface area contributed by atoms with E-state index in [1.807, 2.05) is 0 Å². The van der Waals surface area contributed by atoms with E-state index in [1.54, 1.807) is 0 Å². The average Bonchev–Trinajstić information content (AvgIpc) is 2.77. The van der Waals surface area contributed by atoms with Gasteiger partial charge >= 0.3 is 0 Å². The third-order valence-corrected chi connectivity index (χ3v) is 4.28. The maximum absolute atomic E-state index is 5.68. The summed E-state index contributed by atoms with van der Waals surface area (Å²) >= 11 is 5.05. The molecule has 1 atom stereocenters. The minimum absolute atomic E-state index is 0.479. The van der Waals surface area contributed by atoms with Gasteiger partial charge in [-0.1, -0.05) is 25.6 Å². The Morgan fingerprint density at radius 3 is 2.81 bits per heavy atom. The van der Waals surface area contributed by atoms with Crippen LogP contribution in [0.5, 0.6) is 0 Å². The molecule has 0 spiro atoms. The zero-order valence-electron chi connectivity index (χ0n) is 10.4. The van der Waals surface area contributed by atoms with Gasteiger partial charge in [0.15, 0.2) is 0 Å². The Morgan fingerprint density at radius 2 is 2.25 bits per heavy atom. The lowest BCUT2D eigenvalue weighted by atomic mass is 10.0. The van der Waals surface area contributed by atoms with E-state index in [2.05, 4.69) is 11.8 Å². The van der Waals surface area contributed by atoms with Crippen molar-refractivity contribution in [2.24, 2.45) is 17.1 Å². The van der Waals surface area contributed by atoms with Gasteiger partial charge in [0.1, 0.15) is 0 Å². The van der Waals surface area contributed by atoms with E-state index in [0.29, 0.717) is 10.4 Å². The van der Waals surface area contributed by atoms with Crippen LogP contribution in [-0.4, -0.2) is 29.5 Å². The van der Waals surface area contributed by atoms with E-state index < -0.39 is 0 Å². The predicted octanol–water partition coefficient (Wildman–Crippen LogP) is 2.56. The van der Waals surface area contributed by atoms with E-state index in [-0.39, 0.29) is 0 Å². The monoisotopic (exact) mass is 240 g/mol. The van der Waals surface area contributed by atoms with Crippen molar-refractivity contribution in [2.45, 2.75) is 45.4 Å². The first-order valence-electron chi connectivity index (χ1n) is 6.64. The summed E-state index contributed by atoms with van der Waals surface area (Å²) in [7, 11) is 0. The van der Waals surface area contributed by atoms with E-state index >= 15 is 0 Å². The van der Waals surface area contributed by atoms with Crippen molar-refractivity contribution < 1.29 is 0 Å². The van der Waals surface area contributed by atoms with Crippen LogP contribution in [0.1, 0.15) is 45.4 Å². The lowest BCUT2D eigenvalue weighted by Gasteiger charge is -2.23. The van der Waals surface area contributed by atoms with E-state index in [0.717, 1.165) is 12.3 Å². The van der Waals surface area contributed by atoms with Crippen molar-refractivity contribution in [3.63, 3.8) is 0 Å². The molecule has 0 aromatic carbocycles. The van der Waals surface area contributed by atoms with Crippen molar-refractivity contribution >= 4 is 17.2 Å². The predicted molar refractivity (Wildman–Crippen MR) is 72.5 cm³/mol. The topological polar surface area (TPSA) is 29.3 Å². The van der Waals surface area contributed by atoms with Crippen molar-refractivity contribution in [1.82, 2.24) is 4.90 Å². The van der Waals surface area contributed by atoms with Crippen LogP contribution < -0.4 is 5.73 Å². The van der Waals surface area contributed by atoms with Crippen LogP contribution in [0.3, 0.4) is 0 Å². The standard InChI is InChI=1S/C13H24N2S/c1-2-3-11-4-7-15(9-11)10-13(5-6-13)8-12(14)16/h11H,2-10H2,1H3,(H2,14,16). The molecule has 0 bridgehead atoms. The molecule has 1 heterocycles. The summed E-state index contributed by atoms with van der Waals surface area (Å²) in [4.78, 5) is 3.35. The number of hydrogen-bond acceptors (Lipinski definition) is 2. The van der Waals surface area contributed by atoms with Gasteiger partial charge in [-0.3, -0.25) is 0 Å². The quantitative estimate of drug-likeness (QED) is 0.724. The molecule has 2 nitrogen and oxygen atoms in total. The molecule has 1 unspecified atom stereocenters. The highest BCUT2D eigenvalue weighted by molar-refractivity contribution is 7.80. The van der Waals surface area contributed by atoms with Crippen LogP contribution in [0.25, 0.3) is 0 Å². The van der Waals surface area contributed by atoms with Gasteiger partial charge < -0.3 is 10.6 Å². The molecule has 2 aliphatic rings. The van der Waals surface area contributed by atoms with Crippen LogP contribution in [0, 0.1) is 11.3 Å². The van der Waals surface area contributed by atoms with Crippen LogP contribution >= 0.6 is 12.2 Å². The Morgan fingerprint density at radius 1 is 1.50 bits per heavy atom. The second kappa shape index (κ2) is 5.01. The summed E-state index contributed by atoms with van der Waals surface area (Å²) in [6, 6.07) is 0. The Kier molecular flexibility index (Phi) is 3.85. The first-order valence-corrected chi connectivity index (χ1v) is 7.05. The van der Waals surface area contributed by atoms with Crippen molar-refractivity contribution in [1.29, 1.82) is 0 Å². The molecule has 0 aromatic rings. The molecule has 1 saturated heterocycles. The summed E-state index contributed by atoms with van der Waals surface area (Å²) in [6.45, 7) is 6.14. The van der Waals surface area contributed by atoms with Gasteiger partial charge in [-0.15, -0.1) is 0 Å². The molecule has 2 N–H and O–H groups in total. The number of nitrogens with two attached hydrogens (primary N) is 1. The average molecular weight is 240 g/mol. The zero-order valence-corrected chi connectivity index (χ0v) is 11.2. The molecule has 92 valence electrons. The molecule has 2 rings (SSSR count). The molecule has 0 aromatic heterocycles. The lowest BCUT2D eigenvalue weighted by molar-refractivity contribution is 0.257. The molecule has 1 aliphatic heterocycles. The first-order chi connectivity index (χ1) is 7.63. The van der Waals surface area contributed by atoms with Crippen LogP contribution in [0.2, 0.25) is 0 Å². The van der Waals surface area contributed by atoms with Gasteiger partial charge in [0.2, 0.25) is 0 Å². The number of thiocarbonyl (C=S) groups is 1.